The fraction of sp³-hybridized carbons (Fsp3) is 0.192. The summed E-state index contributed by atoms with van der Waals surface area (Å²) >= 11 is 6.44. The summed E-state index contributed by atoms with van der Waals surface area (Å²) in [5, 5.41) is 22.3. The van der Waals surface area contributed by atoms with Crippen molar-refractivity contribution in [3.63, 3.8) is 0 Å². The topological polar surface area (TPSA) is 126 Å². The van der Waals surface area contributed by atoms with Gasteiger partial charge in [0.25, 0.3) is 0 Å². The molecule has 3 N–H and O–H groups in total. The van der Waals surface area contributed by atoms with Crippen LogP contribution < -0.4 is 5.32 Å². The first-order valence-corrected chi connectivity index (χ1v) is 12.3. The molecular formula is C26H22ClN9O. The summed E-state index contributed by atoms with van der Waals surface area (Å²) in [4.78, 5) is 13.2. The van der Waals surface area contributed by atoms with E-state index < -0.39 is 5.54 Å². The molecule has 1 aliphatic rings. The summed E-state index contributed by atoms with van der Waals surface area (Å²) in [6.07, 6.45) is 2.53. The Hall–Kier alpha value is -4.28. The number of nitrogens with one attached hydrogen (secondary N) is 3. The predicted octanol–water partition coefficient (Wildman–Crippen LogP) is 4.21. The molecule has 6 aromatic rings. The van der Waals surface area contributed by atoms with Crippen molar-refractivity contribution in [1.82, 2.24) is 45.4 Å². The molecule has 37 heavy (non-hydrogen) atoms. The highest BCUT2D eigenvalue weighted by molar-refractivity contribution is 6.31. The Morgan fingerprint density at radius 1 is 1.11 bits per heavy atom. The molecule has 184 valence electrons. The Balaban J connectivity index is 1.47. The molecule has 0 saturated heterocycles. The number of rotatable bonds is 4. The molecule has 2 atom stereocenters. The van der Waals surface area contributed by atoms with Crippen LogP contribution >= 0.6 is 11.6 Å². The van der Waals surface area contributed by atoms with Crippen molar-refractivity contribution in [1.29, 1.82) is 0 Å². The molecule has 10 nitrogen and oxygen atoms in total. The zero-order chi connectivity index (χ0) is 25.1. The molecule has 0 radical (unpaired) electrons. The van der Waals surface area contributed by atoms with Crippen molar-refractivity contribution < 1.29 is 4.52 Å². The predicted molar refractivity (Wildman–Crippen MR) is 137 cm³/mol. The zero-order valence-electron chi connectivity index (χ0n) is 20.0. The first kappa shape index (κ1) is 22.0. The van der Waals surface area contributed by atoms with Crippen molar-refractivity contribution in [3.05, 3.63) is 100 Å². The van der Waals surface area contributed by atoms with Crippen LogP contribution in [0.5, 0.6) is 0 Å². The van der Waals surface area contributed by atoms with E-state index in [9.17, 15) is 0 Å². The fourth-order valence-electron chi connectivity index (χ4n) is 5.21. The minimum Gasteiger partial charge on any atom is -0.356 e. The van der Waals surface area contributed by atoms with E-state index in [4.69, 9.17) is 26.2 Å². The molecule has 11 heteroatoms. The number of aromatic amines is 2. The lowest BCUT2D eigenvalue weighted by Crippen LogP contribution is -2.52. The molecule has 7 rings (SSSR count). The van der Waals surface area contributed by atoms with E-state index in [-0.39, 0.29) is 6.04 Å². The number of fused-ring (bicyclic) bond motifs is 3. The third kappa shape index (κ3) is 3.40. The number of hydrogen-bond acceptors (Lipinski definition) is 7. The number of H-pyrrole nitrogens is 2. The number of aryl methyl sites for hydroxylation is 2. The molecule has 0 bridgehead atoms. The number of aromatic nitrogens is 8. The van der Waals surface area contributed by atoms with Gasteiger partial charge in [-0.1, -0.05) is 47.1 Å². The summed E-state index contributed by atoms with van der Waals surface area (Å²) in [7, 11) is 1.88. The van der Waals surface area contributed by atoms with Gasteiger partial charge in [0.15, 0.2) is 11.4 Å². The zero-order valence-corrected chi connectivity index (χ0v) is 20.8. The third-order valence-electron chi connectivity index (χ3n) is 6.87. The van der Waals surface area contributed by atoms with Gasteiger partial charge < -0.3 is 9.51 Å². The van der Waals surface area contributed by atoms with Gasteiger partial charge in [-0.05, 0) is 36.2 Å². The quantitative estimate of drug-likeness (QED) is 0.323. The number of nitrogens with zero attached hydrogens (tertiary/aromatic N) is 6. The van der Waals surface area contributed by atoms with Gasteiger partial charge in [-0.3, -0.25) is 15.1 Å². The van der Waals surface area contributed by atoms with Crippen LogP contribution in [-0.2, 0) is 19.0 Å². The molecule has 2 unspecified atom stereocenters. The molecular weight excluding hydrogens is 490 g/mol. The smallest absolute Gasteiger partial charge is 0.223 e. The Labute approximate surface area is 216 Å². The first-order valence-electron chi connectivity index (χ1n) is 11.9. The van der Waals surface area contributed by atoms with E-state index in [2.05, 4.69) is 30.6 Å². The van der Waals surface area contributed by atoms with Gasteiger partial charge in [0.1, 0.15) is 5.82 Å². The molecule has 0 amide bonds. The molecule has 0 aliphatic carbocycles. The highest BCUT2D eigenvalue weighted by Gasteiger charge is 2.51. The summed E-state index contributed by atoms with van der Waals surface area (Å²) in [5.74, 6) is 2.24. The van der Waals surface area contributed by atoms with Crippen LogP contribution in [0, 0.1) is 6.92 Å². The van der Waals surface area contributed by atoms with Crippen LogP contribution in [0.4, 0.5) is 0 Å². The lowest BCUT2D eigenvalue weighted by molar-refractivity contribution is 0.310. The highest BCUT2D eigenvalue weighted by Crippen LogP contribution is 2.45. The van der Waals surface area contributed by atoms with Crippen LogP contribution in [-0.4, -0.2) is 40.1 Å². The van der Waals surface area contributed by atoms with E-state index in [1.54, 1.807) is 11.6 Å². The van der Waals surface area contributed by atoms with Crippen LogP contribution in [0.2, 0.25) is 5.02 Å². The average molecular weight is 512 g/mol. The van der Waals surface area contributed by atoms with Crippen molar-refractivity contribution in [3.8, 4) is 11.4 Å². The van der Waals surface area contributed by atoms with Gasteiger partial charge in [-0.25, -0.2) is 4.98 Å². The lowest BCUT2D eigenvalue weighted by atomic mass is 9.80. The molecule has 0 fully saturated rings. The Morgan fingerprint density at radius 2 is 1.97 bits per heavy atom. The minimum absolute atomic E-state index is 0.267. The van der Waals surface area contributed by atoms with Crippen molar-refractivity contribution in [2.75, 3.05) is 0 Å². The van der Waals surface area contributed by atoms with E-state index >= 15 is 0 Å². The van der Waals surface area contributed by atoms with E-state index in [1.807, 2.05) is 67.8 Å². The maximum absolute atomic E-state index is 6.44. The van der Waals surface area contributed by atoms with Gasteiger partial charge in [-0.2, -0.15) is 15.2 Å². The van der Waals surface area contributed by atoms with E-state index in [0.717, 1.165) is 33.4 Å². The van der Waals surface area contributed by atoms with Crippen molar-refractivity contribution in [2.45, 2.75) is 24.9 Å². The van der Waals surface area contributed by atoms with Crippen LogP contribution in [0.3, 0.4) is 0 Å². The Morgan fingerprint density at radius 3 is 2.73 bits per heavy atom. The molecule has 0 saturated carbocycles. The summed E-state index contributed by atoms with van der Waals surface area (Å²) in [5.41, 5.74) is 3.55. The van der Waals surface area contributed by atoms with Gasteiger partial charge in [0.05, 0.1) is 17.4 Å². The molecule has 2 aromatic carbocycles. The second kappa shape index (κ2) is 8.12. The first-order chi connectivity index (χ1) is 18.0. The maximum Gasteiger partial charge on any atom is 0.223 e. The number of benzene rings is 2. The minimum atomic E-state index is -1.04. The van der Waals surface area contributed by atoms with Crippen LogP contribution in [0.1, 0.15) is 40.5 Å². The Kier molecular flexibility index (Phi) is 4.82. The summed E-state index contributed by atoms with van der Waals surface area (Å²) < 4.78 is 7.24. The van der Waals surface area contributed by atoms with Gasteiger partial charge >= 0.3 is 0 Å². The number of hydrogen-bond donors (Lipinski definition) is 3. The number of halogens is 1. The molecule has 4 aromatic heterocycles. The van der Waals surface area contributed by atoms with E-state index in [1.165, 1.54) is 0 Å². The van der Waals surface area contributed by atoms with E-state index in [0.29, 0.717) is 34.8 Å². The molecule has 1 aliphatic heterocycles. The lowest BCUT2D eigenvalue weighted by Gasteiger charge is -2.38. The molecule has 0 spiro atoms. The SMILES string of the molecule is Cc1nc(C2(c3ccn(C)n3)NC(c3nc(-c4ccccc4)n[nH]3)Cc3c2[nH]c2ccc(Cl)cc32)no1. The second-order valence-electron chi connectivity index (χ2n) is 9.24. The second-order valence-corrected chi connectivity index (χ2v) is 9.68. The normalized spacial score (nSPS) is 19.4. The molecule has 5 heterocycles. The highest BCUT2D eigenvalue weighted by atomic mass is 35.5. The van der Waals surface area contributed by atoms with Gasteiger partial charge in [-0.15, -0.1) is 0 Å². The summed E-state index contributed by atoms with van der Waals surface area (Å²) in [6, 6.07) is 17.4. The monoisotopic (exact) mass is 511 g/mol. The average Bonchev–Trinajstić information content (AvgIpc) is 3.71. The standard InChI is InChI=1S/C26H22ClN9O/c1-14-28-25(35-37-14)26(21-10-11-36(2)34-21)22-18(17-12-16(27)8-9-19(17)29-22)13-20(31-26)24-30-23(32-33-24)15-6-4-3-5-7-15/h3-12,20,29,31H,13H2,1-2H3,(H,30,32,33). The van der Waals surface area contributed by atoms with Gasteiger partial charge in [0, 0.05) is 41.7 Å². The Bertz CT molecular complexity index is 1710. The largest absolute Gasteiger partial charge is 0.356 e. The summed E-state index contributed by atoms with van der Waals surface area (Å²) in [6.45, 7) is 1.78. The van der Waals surface area contributed by atoms with Crippen LogP contribution in [0.25, 0.3) is 22.3 Å². The third-order valence-corrected chi connectivity index (χ3v) is 7.10. The maximum atomic E-state index is 6.44. The van der Waals surface area contributed by atoms with Crippen LogP contribution in [0.15, 0.2) is 65.3 Å². The fourth-order valence-corrected chi connectivity index (χ4v) is 5.38. The van der Waals surface area contributed by atoms with Crippen molar-refractivity contribution >= 4 is 22.5 Å². The van der Waals surface area contributed by atoms with Crippen molar-refractivity contribution in [2.24, 2.45) is 7.05 Å². The van der Waals surface area contributed by atoms with Gasteiger partial charge in [0.2, 0.25) is 11.7 Å².